The quantitative estimate of drug-likeness (QED) is 0.775. The van der Waals surface area contributed by atoms with E-state index in [-0.39, 0.29) is 24.1 Å². The molecule has 3 aliphatic heterocycles. The molecule has 1 saturated heterocycles. The summed E-state index contributed by atoms with van der Waals surface area (Å²) in [7, 11) is 2.01. The molecule has 174 valence electrons. The Labute approximate surface area is 194 Å². The molecule has 0 radical (unpaired) electrons. The average Bonchev–Trinajstić information content (AvgIpc) is 3.12. The van der Waals surface area contributed by atoms with Gasteiger partial charge in [0.1, 0.15) is 23.3 Å². The van der Waals surface area contributed by atoms with Crippen LogP contribution in [-0.2, 0) is 4.79 Å². The number of hydrogen-bond acceptors (Lipinski definition) is 6. The highest BCUT2D eigenvalue weighted by Crippen LogP contribution is 2.45. The molecule has 5 rings (SSSR count). The smallest absolute Gasteiger partial charge is 0.254 e. The molecule has 33 heavy (non-hydrogen) atoms. The summed E-state index contributed by atoms with van der Waals surface area (Å²) in [6.45, 7) is 6.43. The number of para-hydroxylation sites is 1. The number of ether oxygens (including phenoxy) is 2. The predicted octanol–water partition coefficient (Wildman–Crippen LogP) is 3.10. The molecule has 2 amide bonds. The molecule has 0 spiro atoms. The van der Waals surface area contributed by atoms with Crippen molar-refractivity contribution in [2.75, 3.05) is 50.1 Å². The van der Waals surface area contributed by atoms with Gasteiger partial charge < -0.3 is 29.5 Å². The summed E-state index contributed by atoms with van der Waals surface area (Å²) in [5.74, 6) is 1.54. The van der Waals surface area contributed by atoms with Crippen molar-refractivity contribution < 1.29 is 19.1 Å². The van der Waals surface area contributed by atoms with Crippen LogP contribution < -0.4 is 19.7 Å². The Kier molecular flexibility index (Phi) is 5.52. The minimum Gasteiger partial charge on any atom is -0.493 e. The molecule has 1 N–H and O–H groups in total. The molecular formula is C25H30N4O4. The number of anilines is 2. The van der Waals surface area contributed by atoms with Gasteiger partial charge in [-0.2, -0.15) is 0 Å². The van der Waals surface area contributed by atoms with Gasteiger partial charge in [0.25, 0.3) is 5.91 Å². The summed E-state index contributed by atoms with van der Waals surface area (Å²) in [6, 6.07) is 11.7. The molecule has 0 saturated carbocycles. The van der Waals surface area contributed by atoms with E-state index in [1.165, 1.54) is 0 Å². The Morgan fingerprint density at radius 1 is 1.09 bits per heavy atom. The number of rotatable bonds is 3. The number of carbonyl (C=O) groups is 2. The van der Waals surface area contributed by atoms with E-state index in [2.05, 4.69) is 17.1 Å². The fraction of sp³-hybridized carbons (Fsp3) is 0.440. The van der Waals surface area contributed by atoms with Crippen LogP contribution in [0, 0.1) is 0 Å². The van der Waals surface area contributed by atoms with Crippen LogP contribution in [0.4, 0.5) is 11.4 Å². The summed E-state index contributed by atoms with van der Waals surface area (Å²) in [4.78, 5) is 30.8. The highest BCUT2D eigenvalue weighted by molar-refractivity contribution is 5.98. The number of carbonyl (C=O) groups excluding carboxylic acids is 2. The fourth-order valence-corrected chi connectivity index (χ4v) is 4.75. The maximum Gasteiger partial charge on any atom is 0.254 e. The first-order valence-electron chi connectivity index (χ1n) is 11.5. The van der Waals surface area contributed by atoms with Crippen molar-refractivity contribution in [1.82, 2.24) is 9.80 Å². The number of nitrogens with zero attached hydrogens (tertiary/aromatic N) is 3. The Bertz CT molecular complexity index is 1080. The van der Waals surface area contributed by atoms with Gasteiger partial charge in [0.2, 0.25) is 5.91 Å². The van der Waals surface area contributed by atoms with Gasteiger partial charge in [0.05, 0.1) is 18.5 Å². The van der Waals surface area contributed by atoms with Crippen molar-refractivity contribution >= 4 is 23.2 Å². The van der Waals surface area contributed by atoms with E-state index in [0.717, 1.165) is 29.1 Å². The van der Waals surface area contributed by atoms with E-state index in [0.29, 0.717) is 44.1 Å². The SMILES string of the molecule is CC(=O)N1CCN(C(=O)c2cc(OC3CCOc4ccccc43)c3c(c2)N(C)C(C)N3)CC1. The van der Waals surface area contributed by atoms with Gasteiger partial charge in [-0.25, -0.2) is 0 Å². The van der Waals surface area contributed by atoms with Crippen molar-refractivity contribution in [2.24, 2.45) is 0 Å². The van der Waals surface area contributed by atoms with Crippen LogP contribution in [0.1, 0.15) is 42.3 Å². The Balaban J connectivity index is 1.45. The zero-order valence-electron chi connectivity index (χ0n) is 19.3. The lowest BCUT2D eigenvalue weighted by Gasteiger charge is -2.34. The van der Waals surface area contributed by atoms with Crippen molar-refractivity contribution in [1.29, 1.82) is 0 Å². The fourth-order valence-electron chi connectivity index (χ4n) is 4.75. The maximum absolute atomic E-state index is 13.4. The monoisotopic (exact) mass is 450 g/mol. The van der Waals surface area contributed by atoms with Crippen LogP contribution >= 0.6 is 0 Å². The second-order valence-electron chi connectivity index (χ2n) is 8.88. The van der Waals surface area contributed by atoms with Gasteiger partial charge in [0.15, 0.2) is 0 Å². The molecule has 3 aliphatic rings. The number of nitrogens with one attached hydrogen (secondary N) is 1. The number of hydrogen-bond donors (Lipinski definition) is 1. The van der Waals surface area contributed by atoms with Crippen LogP contribution in [0.25, 0.3) is 0 Å². The molecule has 3 heterocycles. The molecule has 2 aromatic rings. The van der Waals surface area contributed by atoms with E-state index in [1.807, 2.05) is 48.3 Å². The van der Waals surface area contributed by atoms with E-state index in [9.17, 15) is 9.59 Å². The number of benzene rings is 2. The molecule has 8 heteroatoms. The summed E-state index contributed by atoms with van der Waals surface area (Å²) in [5.41, 5.74) is 3.48. The first-order chi connectivity index (χ1) is 15.9. The predicted molar refractivity (Wildman–Crippen MR) is 126 cm³/mol. The number of amides is 2. The molecule has 2 atom stereocenters. The number of piperazine rings is 1. The van der Waals surface area contributed by atoms with Crippen molar-refractivity contribution in [2.45, 2.75) is 32.5 Å². The third kappa shape index (κ3) is 3.94. The number of fused-ring (bicyclic) bond motifs is 2. The normalized spacial score (nSPS) is 21.6. The highest BCUT2D eigenvalue weighted by Gasteiger charge is 2.32. The minimum absolute atomic E-state index is 0.0359. The van der Waals surface area contributed by atoms with Gasteiger partial charge in [-0.3, -0.25) is 9.59 Å². The second kappa shape index (κ2) is 8.50. The summed E-state index contributed by atoms with van der Waals surface area (Å²) >= 11 is 0. The van der Waals surface area contributed by atoms with Crippen molar-refractivity contribution in [3.05, 3.63) is 47.5 Å². The molecule has 2 unspecified atom stereocenters. The molecule has 2 aromatic carbocycles. The second-order valence-corrected chi connectivity index (χ2v) is 8.88. The Morgan fingerprint density at radius 3 is 2.58 bits per heavy atom. The topological polar surface area (TPSA) is 74.4 Å². The molecule has 0 aromatic heterocycles. The third-order valence-electron chi connectivity index (χ3n) is 6.83. The van der Waals surface area contributed by atoms with Crippen LogP contribution in [0.15, 0.2) is 36.4 Å². The maximum atomic E-state index is 13.4. The van der Waals surface area contributed by atoms with Crippen LogP contribution in [0.5, 0.6) is 11.5 Å². The van der Waals surface area contributed by atoms with Gasteiger partial charge in [-0.1, -0.05) is 18.2 Å². The van der Waals surface area contributed by atoms with E-state index < -0.39 is 0 Å². The van der Waals surface area contributed by atoms with Gasteiger partial charge in [-0.05, 0) is 25.1 Å². The largest absolute Gasteiger partial charge is 0.493 e. The molecular weight excluding hydrogens is 420 g/mol. The van der Waals surface area contributed by atoms with Crippen LogP contribution in [0.3, 0.4) is 0 Å². The van der Waals surface area contributed by atoms with Crippen molar-refractivity contribution in [3.63, 3.8) is 0 Å². The lowest BCUT2D eigenvalue weighted by Crippen LogP contribution is -2.50. The lowest BCUT2D eigenvalue weighted by atomic mass is 10.0. The summed E-state index contributed by atoms with van der Waals surface area (Å²) in [6.07, 6.45) is 0.683. The highest BCUT2D eigenvalue weighted by atomic mass is 16.5. The Hall–Kier alpha value is -3.42. The molecule has 8 nitrogen and oxygen atoms in total. The first-order valence-corrected chi connectivity index (χ1v) is 11.5. The van der Waals surface area contributed by atoms with Gasteiger partial charge in [-0.15, -0.1) is 0 Å². The zero-order chi connectivity index (χ0) is 23.1. The Morgan fingerprint density at radius 2 is 1.82 bits per heavy atom. The molecule has 0 aliphatic carbocycles. The van der Waals surface area contributed by atoms with E-state index in [1.54, 1.807) is 11.8 Å². The molecule has 0 bridgehead atoms. The van der Waals surface area contributed by atoms with E-state index >= 15 is 0 Å². The summed E-state index contributed by atoms with van der Waals surface area (Å²) < 4.78 is 12.3. The third-order valence-corrected chi connectivity index (χ3v) is 6.83. The lowest BCUT2D eigenvalue weighted by molar-refractivity contribution is -0.130. The minimum atomic E-state index is -0.147. The van der Waals surface area contributed by atoms with E-state index in [4.69, 9.17) is 9.47 Å². The van der Waals surface area contributed by atoms with Gasteiger partial charge in [0, 0.05) is 57.7 Å². The van der Waals surface area contributed by atoms with Crippen molar-refractivity contribution in [3.8, 4) is 11.5 Å². The first kappa shape index (κ1) is 21.4. The van der Waals surface area contributed by atoms with Gasteiger partial charge >= 0.3 is 0 Å². The zero-order valence-corrected chi connectivity index (χ0v) is 19.3. The average molecular weight is 451 g/mol. The van der Waals surface area contributed by atoms with Crippen LogP contribution in [0.2, 0.25) is 0 Å². The van der Waals surface area contributed by atoms with Crippen LogP contribution in [-0.4, -0.2) is 67.6 Å². The standard InChI is InChI=1S/C25H30N4O4/c1-16-26-24-20(27(16)3)14-18(25(31)29-11-9-28(10-12-29)17(2)30)15-23(24)33-22-8-13-32-21-7-5-4-6-19(21)22/h4-7,14-16,22,26H,8-13H2,1-3H3. The molecule has 1 fully saturated rings. The summed E-state index contributed by atoms with van der Waals surface area (Å²) in [5, 5.41) is 3.49.